The maximum atomic E-state index is 11.9. The van der Waals surface area contributed by atoms with Gasteiger partial charge in [0, 0.05) is 25.6 Å². The highest BCUT2D eigenvalue weighted by molar-refractivity contribution is 5.96. The lowest BCUT2D eigenvalue weighted by atomic mass is 10.1. The van der Waals surface area contributed by atoms with Gasteiger partial charge >= 0.3 is 6.03 Å². The average Bonchev–Trinajstić information content (AvgIpc) is 2.33. The minimum atomic E-state index is -0.154. The minimum Gasteiger partial charge on any atom is -0.322 e. The molecule has 2 atom stereocenters. The van der Waals surface area contributed by atoms with Crippen molar-refractivity contribution in [2.24, 2.45) is 5.92 Å². The average molecular weight is 212 g/mol. The fraction of sp³-hybridized carbons (Fsp3) is 0.818. The summed E-state index contributed by atoms with van der Waals surface area (Å²) in [5.74, 6) is -0.112. The van der Waals surface area contributed by atoms with Gasteiger partial charge in [0.25, 0.3) is 0 Å². The summed E-state index contributed by atoms with van der Waals surface area (Å²) < 4.78 is 0. The van der Waals surface area contributed by atoms with Gasteiger partial charge in [-0.05, 0) is 19.8 Å². The Balaban J connectivity index is 2.85. The first-order valence-corrected chi connectivity index (χ1v) is 5.57. The third kappa shape index (κ3) is 2.30. The van der Waals surface area contributed by atoms with E-state index in [4.69, 9.17) is 0 Å². The maximum absolute atomic E-state index is 11.9. The second kappa shape index (κ2) is 4.64. The Kier molecular flexibility index (Phi) is 3.72. The Hall–Kier alpha value is -1.06. The van der Waals surface area contributed by atoms with E-state index < -0.39 is 0 Å². The topological polar surface area (TPSA) is 40.6 Å². The first-order valence-electron chi connectivity index (χ1n) is 5.57. The number of urea groups is 1. The third-order valence-electron chi connectivity index (χ3n) is 3.21. The van der Waals surface area contributed by atoms with E-state index in [9.17, 15) is 9.59 Å². The summed E-state index contributed by atoms with van der Waals surface area (Å²) in [5.41, 5.74) is 0. The molecule has 0 N–H and O–H groups in total. The number of imide groups is 1. The zero-order valence-electron chi connectivity index (χ0n) is 9.99. The Morgan fingerprint density at radius 3 is 2.60 bits per heavy atom. The fourth-order valence-corrected chi connectivity index (χ4v) is 1.80. The quantitative estimate of drug-likeness (QED) is 0.699. The Morgan fingerprint density at radius 1 is 1.47 bits per heavy atom. The van der Waals surface area contributed by atoms with Crippen molar-refractivity contribution in [1.29, 1.82) is 0 Å². The van der Waals surface area contributed by atoms with Crippen LogP contribution in [0.25, 0.3) is 0 Å². The molecular formula is C11H20N2O2. The molecule has 4 nitrogen and oxygen atoms in total. The molecule has 1 aliphatic rings. The van der Waals surface area contributed by atoms with E-state index in [0.717, 1.165) is 12.8 Å². The summed E-state index contributed by atoms with van der Waals surface area (Å²) in [6, 6.07) is 0.0525. The van der Waals surface area contributed by atoms with Crippen molar-refractivity contribution in [2.45, 2.75) is 39.7 Å². The van der Waals surface area contributed by atoms with Gasteiger partial charge < -0.3 is 4.90 Å². The zero-order valence-corrected chi connectivity index (χ0v) is 9.99. The molecule has 2 unspecified atom stereocenters. The van der Waals surface area contributed by atoms with Crippen molar-refractivity contribution in [2.75, 3.05) is 13.6 Å². The fourth-order valence-electron chi connectivity index (χ4n) is 1.80. The normalized spacial score (nSPS) is 25.5. The molecule has 1 rings (SSSR count). The number of carbonyl (C=O) groups excluding carboxylic acids is 2. The van der Waals surface area contributed by atoms with E-state index in [1.807, 2.05) is 20.8 Å². The summed E-state index contributed by atoms with van der Waals surface area (Å²) in [6.45, 7) is 6.64. The highest BCUT2D eigenvalue weighted by Gasteiger charge is 2.32. The van der Waals surface area contributed by atoms with Gasteiger partial charge in [-0.1, -0.05) is 13.8 Å². The van der Waals surface area contributed by atoms with E-state index >= 15 is 0 Å². The van der Waals surface area contributed by atoms with Crippen LogP contribution in [0, 0.1) is 5.92 Å². The lowest BCUT2D eigenvalue weighted by molar-refractivity contribution is -0.130. The molecule has 0 aromatic heterocycles. The standard InChI is InChI=1S/C11H20N2O2/c1-5-9(3)13-7-6-8(2)10(14)12(4)11(13)15/h8-9H,5-7H2,1-4H3. The predicted molar refractivity (Wildman–Crippen MR) is 58.4 cm³/mol. The van der Waals surface area contributed by atoms with Gasteiger partial charge in [-0.2, -0.15) is 0 Å². The molecule has 1 heterocycles. The molecule has 0 aromatic carbocycles. The lowest BCUT2D eigenvalue weighted by Crippen LogP contribution is -2.46. The lowest BCUT2D eigenvalue weighted by Gasteiger charge is -2.29. The summed E-state index contributed by atoms with van der Waals surface area (Å²) in [4.78, 5) is 26.7. The van der Waals surface area contributed by atoms with Gasteiger partial charge in [0.2, 0.25) is 5.91 Å². The summed E-state index contributed by atoms with van der Waals surface area (Å²) in [5, 5.41) is 0. The molecule has 1 saturated heterocycles. The number of hydrogen-bond donors (Lipinski definition) is 0. The number of carbonyl (C=O) groups is 2. The second-order valence-corrected chi connectivity index (χ2v) is 4.32. The minimum absolute atomic E-state index is 0.0481. The molecule has 3 amide bonds. The van der Waals surface area contributed by atoms with E-state index in [2.05, 4.69) is 0 Å². The van der Waals surface area contributed by atoms with Gasteiger partial charge in [-0.15, -0.1) is 0 Å². The molecule has 0 aliphatic carbocycles. The number of hydrogen-bond acceptors (Lipinski definition) is 2. The van der Waals surface area contributed by atoms with E-state index in [1.54, 1.807) is 11.9 Å². The monoisotopic (exact) mass is 212 g/mol. The Labute approximate surface area is 91.2 Å². The van der Waals surface area contributed by atoms with Gasteiger partial charge in [0.1, 0.15) is 0 Å². The smallest absolute Gasteiger partial charge is 0.322 e. The highest BCUT2D eigenvalue weighted by Crippen LogP contribution is 2.17. The molecule has 86 valence electrons. The van der Waals surface area contributed by atoms with Gasteiger partial charge in [-0.3, -0.25) is 9.69 Å². The SMILES string of the molecule is CCC(C)N1CCC(C)C(=O)N(C)C1=O. The number of rotatable bonds is 2. The number of amides is 3. The molecule has 0 saturated carbocycles. The van der Waals surface area contributed by atoms with Crippen LogP contribution in [0.4, 0.5) is 4.79 Å². The van der Waals surface area contributed by atoms with Crippen molar-refractivity contribution in [3.63, 3.8) is 0 Å². The Bertz CT molecular complexity index is 265. The Morgan fingerprint density at radius 2 is 2.07 bits per heavy atom. The van der Waals surface area contributed by atoms with Crippen molar-refractivity contribution >= 4 is 11.9 Å². The third-order valence-corrected chi connectivity index (χ3v) is 3.21. The van der Waals surface area contributed by atoms with Crippen molar-refractivity contribution < 1.29 is 9.59 Å². The van der Waals surface area contributed by atoms with Crippen LogP contribution in [0.2, 0.25) is 0 Å². The van der Waals surface area contributed by atoms with Crippen molar-refractivity contribution in [3.8, 4) is 0 Å². The molecule has 4 heteroatoms. The first-order chi connectivity index (χ1) is 6.99. The first kappa shape index (κ1) is 12.0. The second-order valence-electron chi connectivity index (χ2n) is 4.32. The van der Waals surface area contributed by atoms with E-state index in [1.165, 1.54) is 4.90 Å². The van der Waals surface area contributed by atoms with Crippen LogP contribution in [0.1, 0.15) is 33.6 Å². The molecule has 0 spiro atoms. The van der Waals surface area contributed by atoms with Gasteiger partial charge in [0.15, 0.2) is 0 Å². The van der Waals surface area contributed by atoms with Crippen LogP contribution >= 0.6 is 0 Å². The molecular weight excluding hydrogens is 192 g/mol. The van der Waals surface area contributed by atoms with Gasteiger partial charge in [0.05, 0.1) is 0 Å². The molecule has 1 fully saturated rings. The maximum Gasteiger partial charge on any atom is 0.326 e. The summed E-state index contributed by atoms with van der Waals surface area (Å²) in [6.07, 6.45) is 1.68. The predicted octanol–water partition coefficient (Wildman–Crippen LogP) is 1.71. The molecule has 15 heavy (non-hydrogen) atoms. The van der Waals surface area contributed by atoms with Gasteiger partial charge in [-0.25, -0.2) is 4.79 Å². The van der Waals surface area contributed by atoms with Crippen molar-refractivity contribution in [1.82, 2.24) is 9.80 Å². The van der Waals surface area contributed by atoms with E-state index in [0.29, 0.717) is 6.54 Å². The zero-order chi connectivity index (χ0) is 11.6. The molecule has 0 bridgehead atoms. The molecule has 0 aromatic rings. The number of nitrogens with zero attached hydrogens (tertiary/aromatic N) is 2. The van der Waals surface area contributed by atoms with Crippen molar-refractivity contribution in [3.05, 3.63) is 0 Å². The molecule has 0 radical (unpaired) electrons. The van der Waals surface area contributed by atoms with Crippen LogP contribution in [0.3, 0.4) is 0 Å². The van der Waals surface area contributed by atoms with Crippen LogP contribution in [0.15, 0.2) is 0 Å². The largest absolute Gasteiger partial charge is 0.326 e. The van der Waals surface area contributed by atoms with E-state index in [-0.39, 0.29) is 23.9 Å². The van der Waals surface area contributed by atoms with Crippen LogP contribution < -0.4 is 0 Å². The summed E-state index contributed by atoms with van der Waals surface area (Å²) in [7, 11) is 1.57. The highest BCUT2D eigenvalue weighted by atomic mass is 16.2. The van der Waals surface area contributed by atoms with Crippen LogP contribution in [-0.4, -0.2) is 41.4 Å². The molecule has 1 aliphatic heterocycles. The van der Waals surface area contributed by atoms with Crippen LogP contribution in [-0.2, 0) is 4.79 Å². The summed E-state index contributed by atoms with van der Waals surface area (Å²) >= 11 is 0. The van der Waals surface area contributed by atoms with Crippen LogP contribution in [0.5, 0.6) is 0 Å².